The number of ketones is 2. The highest BCUT2D eigenvalue weighted by Crippen LogP contribution is 2.16. The van der Waals surface area contributed by atoms with Gasteiger partial charge in [0.05, 0.1) is 37.8 Å². The molecule has 2 aromatic carbocycles. The fraction of sp³-hybridized carbons (Fsp3) is 0.552. The maximum absolute atomic E-state index is 13.6. The van der Waals surface area contributed by atoms with Crippen molar-refractivity contribution < 1.29 is 67.7 Å². The van der Waals surface area contributed by atoms with Gasteiger partial charge in [0, 0.05) is 42.9 Å². The topological polar surface area (TPSA) is 415 Å². The molecule has 0 aliphatic carbocycles. The minimum atomic E-state index is -1.30. The zero-order valence-electron chi connectivity index (χ0n) is 47.1. The number of carboxylic acid groups (broad SMARTS) is 2. The van der Waals surface area contributed by atoms with Crippen LogP contribution in [0.5, 0.6) is 0 Å². The molecule has 0 bridgehead atoms. The van der Waals surface area contributed by atoms with Crippen molar-refractivity contribution >= 4 is 94.8 Å². The van der Waals surface area contributed by atoms with E-state index in [1.54, 1.807) is 74.5 Å². The third-order valence-electron chi connectivity index (χ3n) is 13.5. The summed E-state index contributed by atoms with van der Waals surface area (Å²) < 4.78 is 0. The quantitative estimate of drug-likeness (QED) is 0.0427. The summed E-state index contributed by atoms with van der Waals surface area (Å²) in [7, 11) is 0. The smallest absolute Gasteiger partial charge is 0.304 e. The number of amides is 8. The number of aliphatic carboxylic acids is 2. The average molecular weight is 1190 g/mol. The number of nitrogens with two attached hydrogens (primary N) is 1. The molecule has 84 heavy (non-hydrogen) atoms. The molecule has 2 heterocycles. The first-order valence-corrected chi connectivity index (χ1v) is 28.4. The van der Waals surface area contributed by atoms with Gasteiger partial charge in [-0.3, -0.25) is 57.5 Å². The molecular weight excluding hydrogens is 1110 g/mol. The molecule has 2 aromatic rings. The SMILES string of the molecule is C.CC(=N)CCCC[C@@H]1NC(=O)[C@H](CCCCN)NC(=O)[C@@H](Cc2ccccc2)NC(=O)[C@H](CC(=O)O)CC(=O)CNC1=O.CC(=N)CCCC[C@@H]1NC(=O)[C@H](CS)NC(=O)[C@@H](Cc2ccccc2)NC(=O)[C@H](CC(=O)O)CC(=O)CNC1=O. The van der Waals surface area contributed by atoms with Crippen LogP contribution in [0.2, 0.25) is 0 Å². The van der Waals surface area contributed by atoms with Gasteiger partial charge in [0.2, 0.25) is 47.3 Å². The maximum Gasteiger partial charge on any atom is 0.304 e. The zero-order chi connectivity index (χ0) is 61.4. The fourth-order valence-corrected chi connectivity index (χ4v) is 9.26. The van der Waals surface area contributed by atoms with E-state index in [9.17, 15) is 67.7 Å². The van der Waals surface area contributed by atoms with Gasteiger partial charge in [-0.1, -0.05) is 80.9 Å². The molecule has 2 fully saturated rings. The van der Waals surface area contributed by atoms with Crippen LogP contribution >= 0.6 is 12.6 Å². The largest absolute Gasteiger partial charge is 0.481 e. The highest BCUT2D eigenvalue weighted by Gasteiger charge is 2.35. The van der Waals surface area contributed by atoms with Gasteiger partial charge in [-0.2, -0.15) is 12.6 Å². The Morgan fingerprint density at radius 3 is 1.15 bits per heavy atom. The van der Waals surface area contributed by atoms with E-state index in [1.165, 1.54) is 0 Å². The molecule has 2 saturated heterocycles. The number of nitrogens with one attached hydrogen (secondary N) is 10. The number of carbonyl (C=O) groups is 12. The number of rotatable bonds is 23. The maximum atomic E-state index is 13.6. The Labute approximate surface area is 495 Å². The lowest BCUT2D eigenvalue weighted by Crippen LogP contribution is -2.58. The van der Waals surface area contributed by atoms with E-state index < -0.39 is 158 Å². The van der Waals surface area contributed by atoms with Gasteiger partial charge in [-0.15, -0.1) is 0 Å². The Kier molecular flexibility index (Phi) is 33.4. The van der Waals surface area contributed by atoms with Crippen LogP contribution in [0.1, 0.15) is 129 Å². The van der Waals surface area contributed by atoms with E-state index in [0.29, 0.717) is 80.5 Å². The van der Waals surface area contributed by atoms with Crippen LogP contribution in [0.25, 0.3) is 0 Å². The summed E-state index contributed by atoms with van der Waals surface area (Å²) in [6, 6.07) is 11.1. The number of hydrogen-bond acceptors (Lipinski definition) is 16. The molecule has 0 saturated carbocycles. The minimum absolute atomic E-state index is 0. The predicted octanol–water partition coefficient (Wildman–Crippen LogP) is 1.62. The third kappa shape index (κ3) is 27.9. The summed E-state index contributed by atoms with van der Waals surface area (Å²) in [4.78, 5) is 154. The Balaban J connectivity index is 0.000000568. The Hall–Kier alpha value is -7.87. The van der Waals surface area contributed by atoms with Crippen LogP contribution in [-0.2, 0) is 70.4 Å². The number of carbonyl (C=O) groups excluding carboxylic acids is 10. The van der Waals surface area contributed by atoms with Crippen molar-refractivity contribution in [3.63, 3.8) is 0 Å². The molecule has 8 amide bonds. The van der Waals surface area contributed by atoms with Crippen LogP contribution in [0.15, 0.2) is 60.7 Å². The van der Waals surface area contributed by atoms with E-state index in [1.807, 2.05) is 0 Å². The minimum Gasteiger partial charge on any atom is -0.481 e. The molecule has 0 spiro atoms. The summed E-state index contributed by atoms with van der Waals surface area (Å²) in [6.45, 7) is 2.81. The number of hydrogen-bond donors (Lipinski definition) is 14. The predicted molar refractivity (Wildman–Crippen MR) is 316 cm³/mol. The molecular formula is C58H85N11O14S. The molecule has 0 radical (unpaired) electrons. The molecule has 26 heteroatoms. The molecule has 8 atom stereocenters. The third-order valence-corrected chi connectivity index (χ3v) is 13.9. The molecule has 2 aliphatic heterocycles. The van der Waals surface area contributed by atoms with E-state index in [4.69, 9.17) is 16.6 Å². The first kappa shape index (κ1) is 72.2. The first-order valence-electron chi connectivity index (χ1n) is 27.8. The summed E-state index contributed by atoms with van der Waals surface area (Å²) in [6.07, 6.45) is 2.99. The van der Waals surface area contributed by atoms with Crippen molar-refractivity contribution in [3.05, 3.63) is 71.8 Å². The Bertz CT molecular complexity index is 2590. The lowest BCUT2D eigenvalue weighted by atomic mass is 9.96. The van der Waals surface area contributed by atoms with E-state index >= 15 is 0 Å². The Morgan fingerprint density at radius 1 is 0.488 bits per heavy atom. The van der Waals surface area contributed by atoms with Crippen LogP contribution in [0, 0.1) is 22.7 Å². The van der Waals surface area contributed by atoms with Gasteiger partial charge in [0.25, 0.3) is 0 Å². The molecule has 0 unspecified atom stereocenters. The first-order chi connectivity index (χ1) is 39.5. The van der Waals surface area contributed by atoms with Gasteiger partial charge in [-0.25, -0.2) is 0 Å². The van der Waals surface area contributed by atoms with Crippen molar-refractivity contribution in [2.24, 2.45) is 17.6 Å². The summed E-state index contributed by atoms with van der Waals surface area (Å²) in [5.74, 6) is -11.9. The van der Waals surface area contributed by atoms with Gasteiger partial charge in [0.15, 0.2) is 11.6 Å². The van der Waals surface area contributed by atoms with Crippen molar-refractivity contribution in [1.29, 1.82) is 10.8 Å². The standard InChI is InChI=1S/C30H44N6O7.C27H37N5O7S.CH4/c1-19(32)9-5-6-12-23-28(41)33-18-22(37)16-21(17-26(38)39)27(40)36-25(15-20-10-3-2-4-11-20)30(43)35-24(29(42)34-23)13-7-8-14-31;1-16(28)7-5-6-10-20-25(37)29-14-19(33)12-18(13-23(34)35)24(36)31-21(11-17-8-3-2-4-9-17)26(38)32-22(15-40)27(39)30-20;/h2-4,10-11,21,23-25,32H,5-9,12-18,31H2,1H3,(H,33,41)(H,34,42)(H,35,43)(H,36,40)(H,38,39);2-4,8-9,18,20-22,28,40H,5-7,10-15H2,1H3,(H,29,37)(H,30,39)(H,31,36)(H,32,38)(H,34,35);1H4/t21-,23-,24-,25+;18-,20-,21+,22-;/m00./s1. The molecule has 25 nitrogen and oxygen atoms in total. The van der Waals surface area contributed by atoms with Crippen LogP contribution < -0.4 is 48.3 Å². The summed E-state index contributed by atoms with van der Waals surface area (Å²) in [5, 5.41) is 54.7. The second-order valence-electron chi connectivity index (χ2n) is 20.8. The lowest BCUT2D eigenvalue weighted by molar-refractivity contribution is -0.143. The van der Waals surface area contributed by atoms with Gasteiger partial charge in [0.1, 0.15) is 36.3 Å². The number of benzene rings is 2. The van der Waals surface area contributed by atoms with Crippen molar-refractivity contribution in [2.75, 3.05) is 25.4 Å². The molecule has 4 rings (SSSR count). The zero-order valence-corrected chi connectivity index (χ0v) is 48.0. The van der Waals surface area contributed by atoms with Gasteiger partial charge in [-0.05, 0) is 89.3 Å². The van der Waals surface area contributed by atoms with Crippen LogP contribution in [-0.4, -0.2) is 154 Å². The number of Topliss-reactive ketones (excluding diaryl/α,β-unsaturated/α-hetero) is 2. The summed E-state index contributed by atoms with van der Waals surface area (Å²) in [5.41, 5.74) is 8.03. The number of thiol groups is 1. The molecule has 2 aliphatic rings. The van der Waals surface area contributed by atoms with Crippen molar-refractivity contribution in [3.8, 4) is 0 Å². The highest BCUT2D eigenvalue weighted by molar-refractivity contribution is 7.80. The molecule has 462 valence electrons. The molecule has 14 N–H and O–H groups in total. The monoisotopic (exact) mass is 1190 g/mol. The van der Waals surface area contributed by atoms with Crippen LogP contribution in [0.3, 0.4) is 0 Å². The van der Waals surface area contributed by atoms with E-state index in [0.717, 1.165) is 0 Å². The van der Waals surface area contributed by atoms with Gasteiger partial charge >= 0.3 is 11.9 Å². The van der Waals surface area contributed by atoms with Crippen LogP contribution in [0.4, 0.5) is 0 Å². The Morgan fingerprint density at radius 2 is 0.810 bits per heavy atom. The fourth-order valence-electron chi connectivity index (χ4n) is 9.01. The van der Waals surface area contributed by atoms with E-state index in [2.05, 4.69) is 55.2 Å². The normalized spacial score (nSPS) is 22.4. The number of unbranched alkanes of at least 4 members (excludes halogenated alkanes) is 3. The summed E-state index contributed by atoms with van der Waals surface area (Å²) >= 11 is 4.19. The number of carboxylic acids is 2. The molecule has 0 aromatic heterocycles. The average Bonchev–Trinajstić information content (AvgIpc) is 3.68. The highest BCUT2D eigenvalue weighted by atomic mass is 32.1. The lowest BCUT2D eigenvalue weighted by Gasteiger charge is -2.26. The van der Waals surface area contributed by atoms with Crippen molar-refractivity contribution in [1.82, 2.24) is 42.5 Å². The van der Waals surface area contributed by atoms with Crippen molar-refractivity contribution in [2.45, 2.75) is 167 Å². The van der Waals surface area contributed by atoms with E-state index in [-0.39, 0.29) is 45.3 Å². The second kappa shape index (κ2) is 38.8. The van der Waals surface area contributed by atoms with Gasteiger partial charge < -0.3 is 69.3 Å². The second-order valence-corrected chi connectivity index (χ2v) is 21.1.